The summed E-state index contributed by atoms with van der Waals surface area (Å²) in [4.78, 5) is 11.3. The summed E-state index contributed by atoms with van der Waals surface area (Å²) in [5.41, 5.74) is 0.962. The van der Waals surface area contributed by atoms with Crippen LogP contribution in [0.5, 0.6) is 0 Å². The topological polar surface area (TPSA) is 38.3 Å². The number of carbonyl (C=O) groups excluding carboxylic acids is 1. The molecule has 0 heterocycles. The molecule has 3 heteroatoms. The van der Waals surface area contributed by atoms with E-state index >= 15 is 0 Å². The number of rotatable bonds is 4. The van der Waals surface area contributed by atoms with E-state index in [1.165, 1.54) is 0 Å². The number of esters is 1. The molecular weight excluding hydrogens is 178 g/mol. The third-order valence-corrected chi connectivity index (χ3v) is 1.88. The number of nitrogens with one attached hydrogen (secondary N) is 1. The Morgan fingerprint density at radius 1 is 1.57 bits per heavy atom. The van der Waals surface area contributed by atoms with Gasteiger partial charge in [-0.2, -0.15) is 0 Å². The van der Waals surface area contributed by atoms with Gasteiger partial charge in [-0.1, -0.05) is 30.3 Å². The van der Waals surface area contributed by atoms with Crippen molar-refractivity contribution in [2.24, 2.45) is 0 Å². The minimum absolute atomic E-state index is 0.0155. The van der Waals surface area contributed by atoms with E-state index in [-0.39, 0.29) is 19.6 Å². The van der Waals surface area contributed by atoms with Crippen molar-refractivity contribution in [3.8, 4) is 0 Å². The molecule has 1 aromatic carbocycles. The summed E-state index contributed by atoms with van der Waals surface area (Å²) >= 11 is 0. The monoisotopic (exact) mass is 194 g/mol. The van der Waals surface area contributed by atoms with Gasteiger partial charge in [0.2, 0.25) is 0 Å². The third kappa shape index (κ3) is 3.18. The Labute approximate surface area is 85.5 Å². The fourth-order valence-corrected chi connectivity index (χ4v) is 0.937. The van der Waals surface area contributed by atoms with Gasteiger partial charge in [0.1, 0.15) is 12.6 Å². The van der Waals surface area contributed by atoms with Gasteiger partial charge in [0.05, 0.1) is 0 Å². The minimum atomic E-state index is -0.425. The van der Waals surface area contributed by atoms with Gasteiger partial charge in [-0.25, -0.2) is 0 Å². The highest BCUT2D eigenvalue weighted by molar-refractivity contribution is 5.75. The maximum absolute atomic E-state index is 11.3. The van der Waals surface area contributed by atoms with Crippen LogP contribution in [0, 0.1) is 0 Å². The Hall–Kier alpha value is -1.35. The summed E-state index contributed by atoms with van der Waals surface area (Å²) in [6, 6.07) is 9.08. The maximum atomic E-state index is 11.3. The van der Waals surface area contributed by atoms with Gasteiger partial charge in [-0.05, 0) is 19.5 Å². The largest absolute Gasteiger partial charge is 0.460 e. The maximum Gasteiger partial charge on any atom is 0.323 e. The van der Waals surface area contributed by atoms with E-state index in [0.717, 1.165) is 5.56 Å². The van der Waals surface area contributed by atoms with Gasteiger partial charge < -0.3 is 10.1 Å². The van der Waals surface area contributed by atoms with Crippen LogP contribution in [0.4, 0.5) is 0 Å². The van der Waals surface area contributed by atoms with Crippen molar-refractivity contribution in [2.45, 2.75) is 19.6 Å². The number of hydrogen-bond donors (Lipinski definition) is 1. The van der Waals surface area contributed by atoms with Crippen molar-refractivity contribution in [1.82, 2.24) is 5.32 Å². The van der Waals surface area contributed by atoms with E-state index in [4.69, 9.17) is 6.11 Å². The summed E-state index contributed by atoms with van der Waals surface area (Å²) in [6.07, 6.45) is 0. The minimum Gasteiger partial charge on any atom is -0.460 e. The van der Waals surface area contributed by atoms with Crippen molar-refractivity contribution in [1.29, 1.82) is 0 Å². The van der Waals surface area contributed by atoms with E-state index in [0.29, 0.717) is 0 Å². The first kappa shape index (κ1) is 9.21. The quantitative estimate of drug-likeness (QED) is 0.735. The molecule has 3 nitrogen and oxygen atoms in total. The number of carbonyl (C=O) groups is 1. The van der Waals surface area contributed by atoms with Crippen molar-refractivity contribution in [2.75, 3.05) is 7.02 Å². The first-order valence-electron chi connectivity index (χ1n) is 5.18. The molecule has 0 aliphatic rings. The van der Waals surface area contributed by atoms with Crippen LogP contribution in [0.25, 0.3) is 0 Å². The lowest BCUT2D eigenvalue weighted by Crippen LogP contribution is -2.32. The van der Waals surface area contributed by atoms with Gasteiger partial charge in [-0.3, -0.25) is 4.79 Å². The Balaban J connectivity index is 2.34. The summed E-state index contributed by atoms with van der Waals surface area (Å²) in [6.45, 7) is 1.96. The standard InChI is InChI=1S/C11H15NO2/c1-9(12-2)11(13)14-8-10-6-4-3-5-7-10/h3-7,9,12H,8H2,1-2H3/t9-/m0/s1/i2D. The highest BCUT2D eigenvalue weighted by Gasteiger charge is 2.10. The lowest BCUT2D eigenvalue weighted by Gasteiger charge is -2.09. The van der Waals surface area contributed by atoms with Gasteiger partial charge in [0, 0.05) is 1.37 Å². The zero-order valence-electron chi connectivity index (χ0n) is 9.19. The fourth-order valence-electron chi connectivity index (χ4n) is 0.937. The van der Waals surface area contributed by atoms with E-state index in [1.54, 1.807) is 6.92 Å². The van der Waals surface area contributed by atoms with E-state index in [2.05, 4.69) is 5.32 Å². The van der Waals surface area contributed by atoms with Crippen LogP contribution >= 0.6 is 0 Å². The van der Waals surface area contributed by atoms with Crippen LogP contribution in [0.1, 0.15) is 13.9 Å². The lowest BCUT2D eigenvalue weighted by atomic mass is 10.2. The van der Waals surface area contributed by atoms with Crippen molar-refractivity contribution in [3.63, 3.8) is 0 Å². The number of likely N-dealkylation sites (N-methyl/N-ethyl adjacent to an activating group) is 1. The Bertz CT molecular complexity index is 303. The molecule has 0 aliphatic heterocycles. The van der Waals surface area contributed by atoms with E-state index in [9.17, 15) is 4.79 Å². The van der Waals surface area contributed by atoms with Crippen molar-refractivity contribution < 1.29 is 10.9 Å². The highest BCUT2D eigenvalue weighted by atomic mass is 16.5. The molecule has 0 aromatic heterocycles. The van der Waals surface area contributed by atoms with Gasteiger partial charge in [-0.15, -0.1) is 0 Å². The number of ether oxygens (including phenoxy) is 1. The normalized spacial score (nSPS) is 13.1. The molecule has 0 radical (unpaired) electrons. The summed E-state index contributed by atoms with van der Waals surface area (Å²) in [5.74, 6) is -0.328. The molecule has 1 N–H and O–H groups in total. The Morgan fingerprint density at radius 3 is 2.93 bits per heavy atom. The van der Waals surface area contributed by atoms with Crippen LogP contribution in [-0.2, 0) is 16.1 Å². The molecule has 14 heavy (non-hydrogen) atoms. The smallest absolute Gasteiger partial charge is 0.323 e. The van der Waals surface area contributed by atoms with Gasteiger partial charge in [0.15, 0.2) is 0 Å². The zero-order chi connectivity index (χ0) is 11.1. The summed E-state index contributed by atoms with van der Waals surface area (Å²) in [7, 11) is 0.0155. The Morgan fingerprint density at radius 2 is 2.29 bits per heavy atom. The molecule has 0 saturated heterocycles. The van der Waals surface area contributed by atoms with Crippen LogP contribution in [0.15, 0.2) is 30.3 Å². The third-order valence-electron chi connectivity index (χ3n) is 1.88. The molecule has 1 atom stereocenters. The van der Waals surface area contributed by atoms with Gasteiger partial charge >= 0.3 is 5.97 Å². The second-order valence-corrected chi connectivity index (χ2v) is 3.02. The molecule has 0 saturated carbocycles. The first-order chi connectivity index (χ1) is 7.24. The van der Waals surface area contributed by atoms with Crippen LogP contribution in [0.3, 0.4) is 0 Å². The molecular formula is C11H15NO2. The summed E-state index contributed by atoms with van der Waals surface area (Å²) in [5, 5.41) is 2.67. The van der Waals surface area contributed by atoms with Crippen molar-refractivity contribution >= 4 is 5.97 Å². The molecule has 0 bridgehead atoms. The predicted molar refractivity (Wildman–Crippen MR) is 54.8 cm³/mol. The second-order valence-electron chi connectivity index (χ2n) is 3.02. The summed E-state index contributed by atoms with van der Waals surface area (Å²) < 4.78 is 12.0. The molecule has 76 valence electrons. The average Bonchev–Trinajstić information content (AvgIpc) is 2.27. The van der Waals surface area contributed by atoms with E-state index in [1.807, 2.05) is 30.3 Å². The van der Waals surface area contributed by atoms with Crippen LogP contribution in [0.2, 0.25) is 0 Å². The fraction of sp³-hybridized carbons (Fsp3) is 0.364. The van der Waals surface area contributed by atoms with Crippen LogP contribution in [-0.4, -0.2) is 19.0 Å². The molecule has 0 unspecified atom stereocenters. The number of hydrogen-bond acceptors (Lipinski definition) is 3. The molecule has 0 aliphatic carbocycles. The average molecular weight is 194 g/mol. The number of benzene rings is 1. The first-order valence-corrected chi connectivity index (χ1v) is 4.47. The van der Waals surface area contributed by atoms with Crippen LogP contribution < -0.4 is 5.32 Å². The second kappa shape index (κ2) is 5.40. The lowest BCUT2D eigenvalue weighted by molar-refractivity contribution is -0.146. The molecule has 1 rings (SSSR count). The SMILES string of the molecule is [2H]CN[C@@H](C)C(=O)OCc1ccccc1. The highest BCUT2D eigenvalue weighted by Crippen LogP contribution is 2.01. The molecule has 0 amide bonds. The van der Waals surface area contributed by atoms with Crippen molar-refractivity contribution in [3.05, 3.63) is 35.9 Å². The predicted octanol–water partition coefficient (Wildman–Crippen LogP) is 1.34. The zero-order valence-corrected chi connectivity index (χ0v) is 8.19. The van der Waals surface area contributed by atoms with Gasteiger partial charge in [0.25, 0.3) is 0 Å². The molecule has 0 fully saturated rings. The molecule has 1 aromatic rings. The molecule has 0 spiro atoms. The Kier molecular flexibility index (Phi) is 3.55. The van der Waals surface area contributed by atoms with E-state index < -0.39 is 6.04 Å².